The summed E-state index contributed by atoms with van der Waals surface area (Å²) in [5.41, 5.74) is 3.75. The maximum atomic E-state index is 12.6. The van der Waals surface area contributed by atoms with Crippen LogP contribution >= 0.6 is 0 Å². The summed E-state index contributed by atoms with van der Waals surface area (Å²) in [5, 5.41) is 2.96. The van der Waals surface area contributed by atoms with E-state index in [1.165, 1.54) is 0 Å². The highest BCUT2D eigenvalue weighted by Crippen LogP contribution is 2.29. The van der Waals surface area contributed by atoms with Crippen LogP contribution in [0.2, 0.25) is 0 Å². The van der Waals surface area contributed by atoms with Crippen LogP contribution in [0.3, 0.4) is 0 Å². The molecule has 0 saturated carbocycles. The summed E-state index contributed by atoms with van der Waals surface area (Å²) < 4.78 is 16.9. The maximum absolute atomic E-state index is 12.6. The first kappa shape index (κ1) is 22.4. The van der Waals surface area contributed by atoms with Gasteiger partial charge >= 0.3 is 0 Å². The van der Waals surface area contributed by atoms with E-state index in [1.807, 2.05) is 68.4 Å². The van der Waals surface area contributed by atoms with Gasteiger partial charge in [0.1, 0.15) is 0 Å². The van der Waals surface area contributed by atoms with Gasteiger partial charge in [0.25, 0.3) is 5.91 Å². The molecule has 0 aliphatic rings. The van der Waals surface area contributed by atoms with Crippen molar-refractivity contribution in [3.63, 3.8) is 0 Å². The van der Waals surface area contributed by atoms with Gasteiger partial charge in [0.2, 0.25) is 0 Å². The number of hydrogen-bond donors (Lipinski definition) is 1. The molecule has 31 heavy (non-hydrogen) atoms. The largest absolute Gasteiger partial charge is 0.493 e. The average Bonchev–Trinajstić information content (AvgIpc) is 2.78. The van der Waals surface area contributed by atoms with E-state index < -0.39 is 0 Å². The second-order valence-electron chi connectivity index (χ2n) is 7.51. The van der Waals surface area contributed by atoms with Gasteiger partial charge in [0, 0.05) is 12.1 Å². The van der Waals surface area contributed by atoms with E-state index in [1.54, 1.807) is 25.3 Å². The minimum absolute atomic E-state index is 0.0255. The molecule has 0 heterocycles. The Bertz CT molecular complexity index is 986. The molecule has 0 atom stereocenters. The first-order chi connectivity index (χ1) is 15.0. The van der Waals surface area contributed by atoms with Crippen LogP contribution in [0, 0.1) is 0 Å². The number of ether oxygens (including phenoxy) is 3. The summed E-state index contributed by atoms with van der Waals surface area (Å²) in [7, 11) is 1.57. The molecular weight excluding hydrogens is 390 g/mol. The number of nitrogens with one attached hydrogen (secondary N) is 1. The van der Waals surface area contributed by atoms with Crippen molar-refractivity contribution in [2.75, 3.05) is 7.11 Å². The SMILES string of the molecule is COc1cc(C(=O)NCc2cccc(COCc3ccccc3)c2)ccc1OC(C)C. The van der Waals surface area contributed by atoms with Crippen LogP contribution in [0.25, 0.3) is 0 Å². The first-order valence-corrected chi connectivity index (χ1v) is 10.4. The predicted molar refractivity (Wildman–Crippen MR) is 121 cm³/mol. The topological polar surface area (TPSA) is 56.8 Å². The minimum atomic E-state index is -0.167. The summed E-state index contributed by atoms with van der Waals surface area (Å²) in [6.45, 7) is 5.41. The lowest BCUT2D eigenvalue weighted by Crippen LogP contribution is -2.23. The summed E-state index contributed by atoms with van der Waals surface area (Å²) >= 11 is 0. The van der Waals surface area contributed by atoms with Gasteiger partial charge in [0.05, 0.1) is 26.4 Å². The molecule has 3 aromatic rings. The first-order valence-electron chi connectivity index (χ1n) is 10.4. The molecule has 0 aromatic heterocycles. The van der Waals surface area contributed by atoms with Crippen molar-refractivity contribution in [2.45, 2.75) is 39.7 Å². The Morgan fingerprint density at radius 2 is 1.55 bits per heavy atom. The average molecular weight is 420 g/mol. The predicted octanol–water partition coefficient (Wildman–Crippen LogP) is 5.13. The molecule has 3 aromatic carbocycles. The van der Waals surface area contributed by atoms with Crippen molar-refractivity contribution >= 4 is 5.91 Å². The standard InChI is InChI=1S/C26H29NO4/c1-19(2)31-24-13-12-23(15-25(24)29-3)26(28)27-16-21-10-7-11-22(14-21)18-30-17-20-8-5-4-6-9-20/h4-15,19H,16-18H2,1-3H3,(H,27,28). The van der Waals surface area contributed by atoms with Crippen molar-refractivity contribution in [1.82, 2.24) is 5.32 Å². The fourth-order valence-corrected chi connectivity index (χ4v) is 3.13. The number of rotatable bonds is 10. The molecular formula is C26H29NO4. The van der Waals surface area contributed by atoms with Crippen LogP contribution < -0.4 is 14.8 Å². The van der Waals surface area contributed by atoms with E-state index in [-0.39, 0.29) is 12.0 Å². The van der Waals surface area contributed by atoms with Gasteiger partial charge < -0.3 is 19.5 Å². The Kier molecular flexibility index (Phi) is 8.07. The Hall–Kier alpha value is -3.31. The van der Waals surface area contributed by atoms with E-state index in [4.69, 9.17) is 14.2 Å². The number of benzene rings is 3. The highest BCUT2D eigenvalue weighted by molar-refractivity contribution is 5.94. The number of carbonyl (C=O) groups excluding carboxylic acids is 1. The third-order valence-electron chi connectivity index (χ3n) is 4.61. The van der Waals surface area contributed by atoms with Gasteiger partial charge in [-0.1, -0.05) is 54.6 Å². The highest BCUT2D eigenvalue weighted by atomic mass is 16.5. The normalized spacial score (nSPS) is 10.7. The molecule has 0 bridgehead atoms. The summed E-state index contributed by atoms with van der Waals surface area (Å²) in [6, 6.07) is 23.3. The second kappa shape index (κ2) is 11.2. The van der Waals surface area contributed by atoms with Crippen LogP contribution in [0.15, 0.2) is 72.8 Å². The molecule has 0 unspecified atom stereocenters. The quantitative estimate of drug-likeness (QED) is 0.495. The van der Waals surface area contributed by atoms with Crippen molar-refractivity contribution in [2.24, 2.45) is 0 Å². The van der Waals surface area contributed by atoms with E-state index in [0.29, 0.717) is 36.8 Å². The lowest BCUT2D eigenvalue weighted by Gasteiger charge is -2.14. The molecule has 0 saturated heterocycles. The van der Waals surface area contributed by atoms with Crippen LogP contribution in [-0.4, -0.2) is 19.1 Å². The lowest BCUT2D eigenvalue weighted by molar-refractivity contribution is 0.0950. The van der Waals surface area contributed by atoms with Gasteiger partial charge in [-0.2, -0.15) is 0 Å². The number of amides is 1. The molecule has 3 rings (SSSR count). The molecule has 5 nitrogen and oxygen atoms in total. The summed E-state index contributed by atoms with van der Waals surface area (Å²) in [4.78, 5) is 12.6. The van der Waals surface area contributed by atoms with E-state index in [2.05, 4.69) is 5.32 Å². The summed E-state index contributed by atoms with van der Waals surface area (Å²) in [5.74, 6) is 0.997. The van der Waals surface area contributed by atoms with Crippen molar-refractivity contribution in [3.05, 3.63) is 95.1 Å². The van der Waals surface area contributed by atoms with Crippen LogP contribution in [0.5, 0.6) is 11.5 Å². The third-order valence-corrected chi connectivity index (χ3v) is 4.61. The number of carbonyl (C=O) groups is 1. The Balaban J connectivity index is 1.54. The molecule has 162 valence electrons. The van der Waals surface area contributed by atoms with Crippen molar-refractivity contribution < 1.29 is 19.0 Å². The Morgan fingerprint density at radius 3 is 2.29 bits per heavy atom. The Morgan fingerprint density at radius 1 is 0.839 bits per heavy atom. The van der Waals surface area contributed by atoms with Gasteiger partial charge in [-0.15, -0.1) is 0 Å². The second-order valence-corrected chi connectivity index (χ2v) is 7.51. The molecule has 0 spiro atoms. The van der Waals surface area contributed by atoms with E-state index in [9.17, 15) is 4.79 Å². The molecule has 0 aliphatic carbocycles. The minimum Gasteiger partial charge on any atom is -0.493 e. The van der Waals surface area contributed by atoms with Gasteiger partial charge in [-0.25, -0.2) is 0 Å². The summed E-state index contributed by atoms with van der Waals surface area (Å²) in [6.07, 6.45) is 0.0255. The van der Waals surface area contributed by atoms with Crippen LogP contribution in [-0.2, 0) is 24.5 Å². The molecule has 1 amide bonds. The van der Waals surface area contributed by atoms with E-state index in [0.717, 1.165) is 16.7 Å². The van der Waals surface area contributed by atoms with Gasteiger partial charge in [-0.05, 0) is 48.7 Å². The van der Waals surface area contributed by atoms with Crippen LogP contribution in [0.4, 0.5) is 0 Å². The monoisotopic (exact) mass is 419 g/mol. The molecule has 0 fully saturated rings. The third kappa shape index (κ3) is 6.86. The lowest BCUT2D eigenvalue weighted by atomic mass is 10.1. The zero-order chi connectivity index (χ0) is 22.1. The van der Waals surface area contributed by atoms with Crippen molar-refractivity contribution in [3.8, 4) is 11.5 Å². The number of methoxy groups -OCH3 is 1. The van der Waals surface area contributed by atoms with Gasteiger partial charge in [-0.3, -0.25) is 4.79 Å². The molecule has 1 N–H and O–H groups in total. The zero-order valence-electron chi connectivity index (χ0n) is 18.3. The number of hydrogen-bond acceptors (Lipinski definition) is 4. The molecule has 0 radical (unpaired) electrons. The molecule has 5 heteroatoms. The molecule has 0 aliphatic heterocycles. The fraction of sp³-hybridized carbons (Fsp3) is 0.269. The van der Waals surface area contributed by atoms with Gasteiger partial charge in [0.15, 0.2) is 11.5 Å². The van der Waals surface area contributed by atoms with E-state index >= 15 is 0 Å². The smallest absolute Gasteiger partial charge is 0.251 e. The van der Waals surface area contributed by atoms with Crippen LogP contribution in [0.1, 0.15) is 40.9 Å². The zero-order valence-corrected chi connectivity index (χ0v) is 18.3. The van der Waals surface area contributed by atoms with Crippen molar-refractivity contribution in [1.29, 1.82) is 0 Å². The fourth-order valence-electron chi connectivity index (χ4n) is 3.13. The maximum Gasteiger partial charge on any atom is 0.251 e. The highest BCUT2D eigenvalue weighted by Gasteiger charge is 2.12. The Labute approximate surface area is 184 Å².